The van der Waals surface area contributed by atoms with E-state index in [0.717, 1.165) is 0 Å². The molecule has 1 aromatic heterocycles. The summed E-state index contributed by atoms with van der Waals surface area (Å²) in [5, 5.41) is 16.3. The number of hydrogen-bond donors (Lipinski definition) is 3. The minimum absolute atomic E-state index is 0.164. The van der Waals surface area contributed by atoms with Crippen LogP contribution in [0.3, 0.4) is 0 Å². The van der Waals surface area contributed by atoms with Crippen molar-refractivity contribution in [1.82, 2.24) is 4.98 Å². The van der Waals surface area contributed by atoms with Crippen LogP contribution in [-0.2, 0) is 4.79 Å². The molecule has 0 saturated heterocycles. The summed E-state index contributed by atoms with van der Waals surface area (Å²) >= 11 is 0. The Morgan fingerprint density at radius 2 is 2.00 bits per heavy atom. The van der Waals surface area contributed by atoms with Crippen molar-refractivity contribution in [2.24, 2.45) is 0 Å². The van der Waals surface area contributed by atoms with Crippen LogP contribution in [0.2, 0.25) is 0 Å². The molecule has 0 unspecified atom stereocenters. The van der Waals surface area contributed by atoms with Gasteiger partial charge in [0.2, 0.25) is 11.7 Å². The SMILES string of the molecule is CC(=O)Nc1cccc(Nc2ccc([N+](=O)[O-])c(N)n2)c1. The van der Waals surface area contributed by atoms with Gasteiger partial charge in [0.05, 0.1) is 4.92 Å². The van der Waals surface area contributed by atoms with Crippen molar-refractivity contribution in [2.45, 2.75) is 6.92 Å². The highest BCUT2D eigenvalue weighted by molar-refractivity contribution is 5.89. The third-order valence-corrected chi connectivity index (χ3v) is 2.55. The van der Waals surface area contributed by atoms with Crippen molar-refractivity contribution in [1.29, 1.82) is 0 Å². The first-order chi connectivity index (χ1) is 9.95. The van der Waals surface area contributed by atoms with Crippen LogP contribution < -0.4 is 16.4 Å². The zero-order chi connectivity index (χ0) is 15.4. The van der Waals surface area contributed by atoms with Gasteiger partial charge in [-0.3, -0.25) is 14.9 Å². The molecule has 1 aromatic carbocycles. The third-order valence-electron chi connectivity index (χ3n) is 2.55. The van der Waals surface area contributed by atoms with E-state index in [2.05, 4.69) is 15.6 Å². The molecule has 4 N–H and O–H groups in total. The summed E-state index contributed by atoms with van der Waals surface area (Å²) in [6.45, 7) is 1.42. The molecule has 2 aromatic rings. The number of amides is 1. The van der Waals surface area contributed by atoms with Crippen LogP contribution in [0.4, 0.5) is 28.7 Å². The molecule has 8 nitrogen and oxygen atoms in total. The van der Waals surface area contributed by atoms with E-state index in [1.165, 1.54) is 19.1 Å². The van der Waals surface area contributed by atoms with Crippen molar-refractivity contribution in [2.75, 3.05) is 16.4 Å². The first-order valence-corrected chi connectivity index (χ1v) is 6.01. The second kappa shape index (κ2) is 5.87. The Labute approximate surface area is 120 Å². The molecule has 0 fully saturated rings. The standard InChI is InChI=1S/C13H13N5O3/c1-8(19)15-9-3-2-4-10(7-9)16-12-6-5-11(18(20)21)13(14)17-12/h2-7H,1H3,(H,15,19)(H3,14,16,17). The predicted molar refractivity (Wildman–Crippen MR) is 79.3 cm³/mol. The third kappa shape index (κ3) is 3.66. The second-order valence-electron chi connectivity index (χ2n) is 4.24. The number of nitrogens with two attached hydrogens (primary N) is 1. The quantitative estimate of drug-likeness (QED) is 0.585. The van der Waals surface area contributed by atoms with Gasteiger partial charge < -0.3 is 16.4 Å². The topological polar surface area (TPSA) is 123 Å². The minimum atomic E-state index is -0.594. The van der Waals surface area contributed by atoms with Gasteiger partial charge >= 0.3 is 5.69 Å². The van der Waals surface area contributed by atoms with Gasteiger partial charge in [0, 0.05) is 24.4 Å². The number of aromatic nitrogens is 1. The number of nitro groups is 1. The van der Waals surface area contributed by atoms with Crippen LogP contribution in [0, 0.1) is 10.1 Å². The summed E-state index contributed by atoms with van der Waals surface area (Å²) in [7, 11) is 0. The average Bonchev–Trinajstić information content (AvgIpc) is 2.37. The zero-order valence-electron chi connectivity index (χ0n) is 11.2. The van der Waals surface area contributed by atoms with Gasteiger partial charge in [-0.1, -0.05) is 6.07 Å². The van der Waals surface area contributed by atoms with Crippen molar-refractivity contribution in [3.63, 3.8) is 0 Å². The van der Waals surface area contributed by atoms with E-state index >= 15 is 0 Å². The summed E-state index contributed by atoms with van der Waals surface area (Å²) < 4.78 is 0. The lowest BCUT2D eigenvalue weighted by Gasteiger charge is -2.08. The number of pyridine rings is 1. The summed E-state index contributed by atoms with van der Waals surface area (Å²) in [5.41, 5.74) is 6.57. The van der Waals surface area contributed by atoms with Crippen molar-refractivity contribution in [3.8, 4) is 0 Å². The molecule has 21 heavy (non-hydrogen) atoms. The van der Waals surface area contributed by atoms with Crippen LogP contribution >= 0.6 is 0 Å². The molecule has 0 radical (unpaired) electrons. The van der Waals surface area contributed by atoms with E-state index in [4.69, 9.17) is 5.73 Å². The molecule has 0 spiro atoms. The lowest BCUT2D eigenvalue weighted by Crippen LogP contribution is -2.06. The maximum absolute atomic E-state index is 11.0. The summed E-state index contributed by atoms with van der Waals surface area (Å²) in [5.74, 6) is 0.0333. The molecule has 0 atom stereocenters. The first-order valence-electron chi connectivity index (χ1n) is 6.01. The number of carbonyl (C=O) groups is 1. The summed E-state index contributed by atoms with van der Waals surface area (Å²) in [4.78, 5) is 25.0. The molecule has 0 bridgehead atoms. The van der Waals surface area contributed by atoms with Crippen molar-refractivity contribution >= 4 is 34.6 Å². The number of anilines is 4. The van der Waals surface area contributed by atoms with Gasteiger partial charge in [0.1, 0.15) is 5.82 Å². The van der Waals surface area contributed by atoms with E-state index in [9.17, 15) is 14.9 Å². The lowest BCUT2D eigenvalue weighted by molar-refractivity contribution is -0.384. The van der Waals surface area contributed by atoms with E-state index in [1.54, 1.807) is 24.3 Å². The number of nitrogens with zero attached hydrogens (tertiary/aromatic N) is 2. The number of rotatable bonds is 4. The summed E-state index contributed by atoms with van der Waals surface area (Å²) in [6.07, 6.45) is 0. The Kier molecular flexibility index (Phi) is 3.98. The fraction of sp³-hybridized carbons (Fsp3) is 0.0769. The van der Waals surface area contributed by atoms with Gasteiger partial charge in [-0.05, 0) is 24.3 Å². The second-order valence-corrected chi connectivity index (χ2v) is 4.24. The maximum atomic E-state index is 11.0. The van der Waals surface area contributed by atoms with E-state index in [1.807, 2.05) is 0 Å². The van der Waals surface area contributed by atoms with Crippen LogP contribution in [0.5, 0.6) is 0 Å². The molecule has 8 heteroatoms. The fourth-order valence-electron chi connectivity index (χ4n) is 1.72. The largest absolute Gasteiger partial charge is 0.378 e. The smallest absolute Gasteiger partial charge is 0.311 e. The molecule has 0 aliphatic heterocycles. The molecule has 0 aliphatic rings. The van der Waals surface area contributed by atoms with Crippen molar-refractivity contribution in [3.05, 3.63) is 46.5 Å². The Morgan fingerprint density at radius 3 is 2.62 bits per heavy atom. The van der Waals surface area contributed by atoms with Crippen LogP contribution in [-0.4, -0.2) is 15.8 Å². The highest BCUT2D eigenvalue weighted by atomic mass is 16.6. The van der Waals surface area contributed by atoms with Crippen LogP contribution in [0.15, 0.2) is 36.4 Å². The molecule has 1 heterocycles. The van der Waals surface area contributed by atoms with Crippen molar-refractivity contribution < 1.29 is 9.72 Å². The van der Waals surface area contributed by atoms with Crippen LogP contribution in [0.25, 0.3) is 0 Å². The van der Waals surface area contributed by atoms with Crippen LogP contribution in [0.1, 0.15) is 6.92 Å². The monoisotopic (exact) mass is 287 g/mol. The highest BCUT2D eigenvalue weighted by Gasteiger charge is 2.12. The van der Waals surface area contributed by atoms with Gasteiger partial charge in [0.15, 0.2) is 0 Å². The Balaban J connectivity index is 2.20. The number of hydrogen-bond acceptors (Lipinski definition) is 6. The lowest BCUT2D eigenvalue weighted by atomic mass is 10.2. The van der Waals surface area contributed by atoms with Gasteiger partial charge in [-0.25, -0.2) is 4.98 Å². The molecule has 108 valence electrons. The van der Waals surface area contributed by atoms with E-state index < -0.39 is 4.92 Å². The molecular weight excluding hydrogens is 274 g/mol. The van der Waals surface area contributed by atoms with Gasteiger partial charge in [-0.2, -0.15) is 0 Å². The Hall–Kier alpha value is -3.16. The van der Waals surface area contributed by atoms with Gasteiger partial charge in [0.25, 0.3) is 0 Å². The number of benzene rings is 1. The zero-order valence-corrected chi connectivity index (χ0v) is 11.2. The predicted octanol–water partition coefficient (Wildman–Crippen LogP) is 2.27. The molecule has 0 aliphatic carbocycles. The maximum Gasteiger partial charge on any atom is 0.311 e. The number of nitrogens with one attached hydrogen (secondary N) is 2. The minimum Gasteiger partial charge on any atom is -0.378 e. The molecule has 0 saturated carbocycles. The molecular formula is C13H13N5O3. The summed E-state index contributed by atoms with van der Waals surface area (Å²) in [6, 6.07) is 9.71. The normalized spacial score (nSPS) is 9.95. The Bertz CT molecular complexity index is 702. The van der Waals surface area contributed by atoms with E-state index in [0.29, 0.717) is 17.2 Å². The fourth-order valence-corrected chi connectivity index (χ4v) is 1.72. The van der Waals surface area contributed by atoms with E-state index in [-0.39, 0.29) is 17.4 Å². The first kappa shape index (κ1) is 14.3. The molecule has 1 amide bonds. The average molecular weight is 287 g/mol. The highest BCUT2D eigenvalue weighted by Crippen LogP contribution is 2.24. The van der Waals surface area contributed by atoms with Gasteiger partial charge in [-0.15, -0.1) is 0 Å². The number of nitrogen functional groups attached to an aromatic ring is 1. The number of carbonyl (C=O) groups excluding carboxylic acids is 1. The Morgan fingerprint density at radius 1 is 1.29 bits per heavy atom. The molecule has 2 rings (SSSR count).